The number of ketones is 1. The number of esters is 2. The van der Waals surface area contributed by atoms with Crippen molar-refractivity contribution in [3.05, 3.63) is 11.6 Å². The first-order chi connectivity index (χ1) is 19.4. The van der Waals surface area contributed by atoms with Gasteiger partial charge in [-0.15, -0.1) is 0 Å². The summed E-state index contributed by atoms with van der Waals surface area (Å²) in [5.74, 6) is 0.410. The first kappa shape index (κ1) is 31.7. The molecule has 0 saturated heterocycles. The van der Waals surface area contributed by atoms with Gasteiger partial charge in [0.25, 0.3) is 0 Å². The van der Waals surface area contributed by atoms with E-state index in [0.717, 1.165) is 57.8 Å². The van der Waals surface area contributed by atoms with Crippen LogP contribution in [0.4, 0.5) is 0 Å². The summed E-state index contributed by atoms with van der Waals surface area (Å²) in [6, 6.07) is 0. The molecule has 42 heavy (non-hydrogen) atoms. The van der Waals surface area contributed by atoms with Crippen molar-refractivity contribution >= 4 is 17.7 Å². The van der Waals surface area contributed by atoms with Gasteiger partial charge >= 0.3 is 11.9 Å². The Hall–Kier alpha value is -1.69. The standard InChI is InChI=1S/C36H57NO5/c1-22(2)41-30(40)33(6)16-15-32(5)17-18-35(8)23(24(32)21-33)20-25(38)29-34(7)13-11-27(42-28(39)12-19-37)31(3,4)26(34)10-14-36(29,35)9/h20,22,24,26-27,29H,10-19,21,37H2,1-9H3/t24-,26-,27-,29+,32+,33-,34-,35+,36+/m0/s1. The van der Waals surface area contributed by atoms with E-state index in [-0.39, 0.29) is 81.2 Å². The van der Waals surface area contributed by atoms with Crippen LogP contribution in [-0.2, 0) is 23.9 Å². The Labute approximate surface area is 254 Å². The van der Waals surface area contributed by atoms with Gasteiger partial charge in [-0.2, -0.15) is 0 Å². The number of ether oxygens (including phenoxy) is 2. The molecule has 5 aliphatic carbocycles. The summed E-state index contributed by atoms with van der Waals surface area (Å²) < 4.78 is 11.8. The van der Waals surface area contributed by atoms with Crippen LogP contribution in [0.2, 0.25) is 0 Å². The number of carbonyl (C=O) groups excluding carboxylic acids is 3. The topological polar surface area (TPSA) is 95.7 Å². The molecule has 0 radical (unpaired) electrons. The van der Waals surface area contributed by atoms with Gasteiger partial charge in [0, 0.05) is 17.9 Å². The van der Waals surface area contributed by atoms with Crippen LogP contribution in [0.15, 0.2) is 11.6 Å². The Balaban J connectivity index is 1.51. The van der Waals surface area contributed by atoms with E-state index in [1.807, 2.05) is 13.8 Å². The van der Waals surface area contributed by atoms with Crippen LogP contribution in [0.3, 0.4) is 0 Å². The van der Waals surface area contributed by atoms with Crippen molar-refractivity contribution < 1.29 is 23.9 Å². The summed E-state index contributed by atoms with van der Waals surface area (Å²) in [7, 11) is 0. The zero-order chi connectivity index (χ0) is 31.1. The molecular formula is C36H57NO5. The molecule has 6 nitrogen and oxygen atoms in total. The van der Waals surface area contributed by atoms with Crippen LogP contribution in [0.5, 0.6) is 0 Å². The molecule has 236 valence electrons. The Bertz CT molecular complexity index is 1170. The molecule has 0 amide bonds. The van der Waals surface area contributed by atoms with Gasteiger partial charge in [-0.1, -0.05) is 47.1 Å². The maximum Gasteiger partial charge on any atom is 0.312 e. The predicted molar refractivity (Wildman–Crippen MR) is 164 cm³/mol. The van der Waals surface area contributed by atoms with Gasteiger partial charge in [0.15, 0.2) is 5.78 Å². The molecule has 6 heteroatoms. The summed E-state index contributed by atoms with van der Waals surface area (Å²) in [6.45, 7) is 20.4. The summed E-state index contributed by atoms with van der Waals surface area (Å²) in [5, 5.41) is 0. The minimum Gasteiger partial charge on any atom is -0.463 e. The van der Waals surface area contributed by atoms with Gasteiger partial charge < -0.3 is 15.2 Å². The van der Waals surface area contributed by atoms with Gasteiger partial charge in [0.2, 0.25) is 0 Å². The highest BCUT2D eigenvalue weighted by atomic mass is 16.5. The normalized spacial score (nSPS) is 46.0. The molecule has 0 bridgehead atoms. The first-order valence-electron chi connectivity index (χ1n) is 16.7. The van der Waals surface area contributed by atoms with Crippen molar-refractivity contribution in [3.8, 4) is 0 Å². The largest absolute Gasteiger partial charge is 0.463 e. The predicted octanol–water partition coefficient (Wildman–Crippen LogP) is 7.18. The van der Waals surface area contributed by atoms with E-state index in [9.17, 15) is 14.4 Å². The highest BCUT2D eigenvalue weighted by molar-refractivity contribution is 5.95. The minimum atomic E-state index is -0.526. The van der Waals surface area contributed by atoms with E-state index < -0.39 is 5.41 Å². The SMILES string of the molecule is CC(C)OC(=O)[C@@]1(C)CC[C@]2(C)CC[C@]3(C)C(=CC(=O)[C@@H]4[C@@]5(C)CC[C@H](OC(=O)CCN)C(C)(C)[C@@H]5CC[C@]43C)[C@@H]2C1. The zero-order valence-corrected chi connectivity index (χ0v) is 27.9. The third-order valence-electron chi connectivity index (χ3n) is 14.0. The number of allylic oxidation sites excluding steroid dienone is 2. The highest BCUT2D eigenvalue weighted by Gasteiger charge is 2.70. The van der Waals surface area contributed by atoms with Crippen molar-refractivity contribution in [2.45, 2.75) is 139 Å². The van der Waals surface area contributed by atoms with E-state index in [2.05, 4.69) is 54.5 Å². The van der Waals surface area contributed by atoms with Crippen LogP contribution in [0.25, 0.3) is 0 Å². The van der Waals surface area contributed by atoms with Gasteiger partial charge in [-0.3, -0.25) is 14.4 Å². The molecule has 0 aliphatic heterocycles. The lowest BCUT2D eigenvalue weighted by Crippen LogP contribution is -2.66. The molecule has 2 N–H and O–H groups in total. The molecule has 0 aromatic rings. The molecule has 0 aromatic carbocycles. The second-order valence-electron chi connectivity index (χ2n) is 17.1. The van der Waals surface area contributed by atoms with Crippen LogP contribution < -0.4 is 5.73 Å². The Morgan fingerprint density at radius 3 is 2.26 bits per heavy atom. The molecule has 5 rings (SSSR count). The van der Waals surface area contributed by atoms with Crippen molar-refractivity contribution in [2.75, 3.05) is 6.54 Å². The lowest BCUT2D eigenvalue weighted by atomic mass is 9.33. The van der Waals surface area contributed by atoms with Crippen LogP contribution in [0, 0.1) is 50.2 Å². The Morgan fingerprint density at radius 1 is 0.952 bits per heavy atom. The van der Waals surface area contributed by atoms with Gasteiger partial charge in [-0.25, -0.2) is 0 Å². The first-order valence-corrected chi connectivity index (χ1v) is 16.7. The monoisotopic (exact) mass is 583 g/mol. The maximum atomic E-state index is 14.6. The van der Waals surface area contributed by atoms with Gasteiger partial charge in [0.1, 0.15) is 6.10 Å². The molecule has 9 atom stereocenters. The molecule has 0 aromatic heterocycles. The minimum absolute atomic E-state index is 0.0669. The molecule has 0 heterocycles. The number of rotatable bonds is 5. The van der Waals surface area contributed by atoms with E-state index >= 15 is 0 Å². The van der Waals surface area contributed by atoms with Crippen LogP contribution in [-0.4, -0.2) is 36.5 Å². The fourth-order valence-electron chi connectivity index (χ4n) is 11.2. The van der Waals surface area contributed by atoms with E-state index in [4.69, 9.17) is 15.2 Å². The van der Waals surface area contributed by atoms with Crippen molar-refractivity contribution in [3.63, 3.8) is 0 Å². The smallest absolute Gasteiger partial charge is 0.312 e. The quantitative estimate of drug-likeness (QED) is 0.345. The average molecular weight is 584 g/mol. The summed E-state index contributed by atoms with van der Waals surface area (Å²) in [6.07, 6.45) is 10.5. The Kier molecular flexibility index (Phi) is 7.68. The molecule has 0 unspecified atom stereocenters. The Morgan fingerprint density at radius 2 is 1.62 bits per heavy atom. The number of hydrogen-bond acceptors (Lipinski definition) is 6. The van der Waals surface area contributed by atoms with E-state index in [1.54, 1.807) is 0 Å². The highest BCUT2D eigenvalue weighted by Crippen LogP contribution is 2.75. The molecule has 5 aliphatic rings. The maximum absolute atomic E-state index is 14.6. The summed E-state index contributed by atoms with van der Waals surface area (Å²) in [5.41, 5.74) is 5.86. The fraction of sp³-hybridized carbons (Fsp3) is 0.861. The second-order valence-corrected chi connectivity index (χ2v) is 17.1. The lowest BCUT2D eigenvalue weighted by molar-refractivity contribution is -0.211. The van der Waals surface area contributed by atoms with Crippen LogP contribution >= 0.6 is 0 Å². The summed E-state index contributed by atoms with van der Waals surface area (Å²) in [4.78, 5) is 40.4. The number of fused-ring (bicyclic) bond motifs is 7. The fourth-order valence-corrected chi connectivity index (χ4v) is 11.2. The van der Waals surface area contributed by atoms with Gasteiger partial charge in [0.05, 0.1) is 17.9 Å². The summed E-state index contributed by atoms with van der Waals surface area (Å²) >= 11 is 0. The van der Waals surface area contributed by atoms with E-state index in [1.165, 1.54) is 5.57 Å². The third-order valence-corrected chi connectivity index (χ3v) is 14.0. The molecule has 0 spiro atoms. The third kappa shape index (κ3) is 4.46. The van der Waals surface area contributed by atoms with Crippen LogP contribution in [0.1, 0.15) is 127 Å². The average Bonchev–Trinajstić information content (AvgIpc) is 2.88. The molecular weight excluding hydrogens is 526 g/mol. The van der Waals surface area contributed by atoms with E-state index in [0.29, 0.717) is 6.54 Å². The van der Waals surface area contributed by atoms with Crippen molar-refractivity contribution in [1.82, 2.24) is 0 Å². The molecule has 4 fully saturated rings. The zero-order valence-electron chi connectivity index (χ0n) is 27.9. The number of carbonyl (C=O) groups is 3. The van der Waals surface area contributed by atoms with Crippen molar-refractivity contribution in [2.24, 2.45) is 56.0 Å². The van der Waals surface area contributed by atoms with Crippen molar-refractivity contribution in [1.29, 1.82) is 0 Å². The molecule has 4 saturated carbocycles. The number of hydrogen-bond donors (Lipinski definition) is 1. The number of nitrogens with two attached hydrogens (primary N) is 1. The van der Waals surface area contributed by atoms with Gasteiger partial charge in [-0.05, 0) is 118 Å². The lowest BCUT2D eigenvalue weighted by Gasteiger charge is -2.70. The second kappa shape index (κ2) is 10.2.